The zero-order chi connectivity index (χ0) is 13.9. The molecule has 3 N–H and O–H groups in total. The summed E-state index contributed by atoms with van der Waals surface area (Å²) in [5, 5.41) is 5.45. The number of nitrogens with one attached hydrogen (secondary N) is 3. The molecule has 0 saturated carbocycles. The van der Waals surface area contributed by atoms with Crippen molar-refractivity contribution in [2.45, 2.75) is 6.92 Å². The second-order valence-electron chi connectivity index (χ2n) is 4.55. The Balaban J connectivity index is 1.72. The molecular weight excluding hydrogens is 252 g/mol. The summed E-state index contributed by atoms with van der Waals surface area (Å²) in [5.74, 6) is 0.427. The van der Waals surface area contributed by atoms with E-state index in [0.717, 1.165) is 22.3 Å². The number of hydrogen-bond donors (Lipinski definition) is 3. The van der Waals surface area contributed by atoms with Gasteiger partial charge in [0.25, 0.3) is 0 Å². The average molecular weight is 266 g/mol. The lowest BCUT2D eigenvalue weighted by Crippen LogP contribution is -2.20. The number of nitrogens with zero attached hydrogens (tertiary/aromatic N) is 1. The van der Waals surface area contributed by atoms with E-state index in [9.17, 15) is 4.79 Å². The Morgan fingerprint density at radius 1 is 1.10 bits per heavy atom. The van der Waals surface area contributed by atoms with Crippen LogP contribution in [0.1, 0.15) is 5.56 Å². The van der Waals surface area contributed by atoms with Crippen molar-refractivity contribution in [2.24, 2.45) is 0 Å². The molecule has 0 fully saturated rings. The maximum Gasteiger partial charge on any atom is 0.326 e. The normalized spacial score (nSPS) is 10.4. The van der Waals surface area contributed by atoms with Crippen LogP contribution in [-0.4, -0.2) is 16.0 Å². The number of carbonyl (C=O) groups is 1. The molecule has 0 radical (unpaired) electrons. The summed E-state index contributed by atoms with van der Waals surface area (Å²) in [7, 11) is 0. The highest BCUT2D eigenvalue weighted by Crippen LogP contribution is 2.14. The van der Waals surface area contributed by atoms with Gasteiger partial charge in [-0.15, -0.1) is 0 Å². The second-order valence-corrected chi connectivity index (χ2v) is 4.55. The first kappa shape index (κ1) is 12.2. The van der Waals surface area contributed by atoms with Gasteiger partial charge in [-0.2, -0.15) is 0 Å². The van der Waals surface area contributed by atoms with Gasteiger partial charge in [0.1, 0.15) is 0 Å². The summed E-state index contributed by atoms with van der Waals surface area (Å²) in [5.41, 5.74) is 3.54. The van der Waals surface area contributed by atoms with E-state index < -0.39 is 0 Å². The largest absolute Gasteiger partial charge is 0.326 e. The summed E-state index contributed by atoms with van der Waals surface area (Å²) in [6.45, 7) is 1.97. The van der Waals surface area contributed by atoms with Gasteiger partial charge in [0.2, 0.25) is 5.95 Å². The zero-order valence-corrected chi connectivity index (χ0v) is 11.0. The Kier molecular flexibility index (Phi) is 3.09. The van der Waals surface area contributed by atoms with Gasteiger partial charge in [-0.05, 0) is 36.8 Å². The van der Waals surface area contributed by atoms with E-state index in [0.29, 0.717) is 5.95 Å². The minimum absolute atomic E-state index is 0.324. The van der Waals surface area contributed by atoms with Crippen molar-refractivity contribution >= 4 is 28.7 Å². The highest BCUT2D eigenvalue weighted by molar-refractivity contribution is 5.99. The molecule has 3 aromatic rings. The Labute approximate surface area is 116 Å². The molecule has 2 amide bonds. The van der Waals surface area contributed by atoms with E-state index in [4.69, 9.17) is 0 Å². The molecule has 2 aromatic carbocycles. The summed E-state index contributed by atoms with van der Waals surface area (Å²) in [6, 6.07) is 14.9. The lowest BCUT2D eigenvalue weighted by atomic mass is 10.2. The number of aromatic nitrogens is 2. The van der Waals surface area contributed by atoms with Crippen molar-refractivity contribution in [2.75, 3.05) is 10.6 Å². The molecule has 5 nitrogen and oxygen atoms in total. The first-order valence-electron chi connectivity index (χ1n) is 6.30. The molecule has 0 atom stereocenters. The topological polar surface area (TPSA) is 69.8 Å². The fourth-order valence-corrected chi connectivity index (χ4v) is 2.00. The van der Waals surface area contributed by atoms with Crippen molar-refractivity contribution in [3.63, 3.8) is 0 Å². The summed E-state index contributed by atoms with van der Waals surface area (Å²) in [4.78, 5) is 19.2. The molecule has 0 unspecified atom stereocenters. The summed E-state index contributed by atoms with van der Waals surface area (Å²) in [6.07, 6.45) is 0. The first-order valence-corrected chi connectivity index (χ1v) is 6.30. The van der Waals surface area contributed by atoms with Crippen LogP contribution in [0.3, 0.4) is 0 Å². The minimum atomic E-state index is -0.324. The van der Waals surface area contributed by atoms with Crippen LogP contribution in [0.2, 0.25) is 0 Å². The van der Waals surface area contributed by atoms with Crippen LogP contribution in [0.5, 0.6) is 0 Å². The average Bonchev–Trinajstić information content (AvgIpc) is 2.80. The molecule has 100 valence electrons. The molecule has 0 spiro atoms. The Morgan fingerprint density at radius 2 is 1.95 bits per heavy atom. The fraction of sp³-hybridized carbons (Fsp3) is 0.0667. The fourth-order valence-electron chi connectivity index (χ4n) is 2.00. The van der Waals surface area contributed by atoms with E-state index in [1.165, 1.54) is 0 Å². The predicted octanol–water partition coefficient (Wildman–Crippen LogP) is 3.52. The smallest absolute Gasteiger partial charge is 0.324 e. The number of para-hydroxylation sites is 2. The molecule has 5 heteroatoms. The molecule has 1 aromatic heterocycles. The van der Waals surface area contributed by atoms with E-state index in [1.54, 1.807) is 0 Å². The maximum absolute atomic E-state index is 11.9. The molecule has 3 rings (SSSR count). The van der Waals surface area contributed by atoms with Gasteiger partial charge in [-0.1, -0.05) is 24.3 Å². The highest BCUT2D eigenvalue weighted by atomic mass is 16.2. The lowest BCUT2D eigenvalue weighted by molar-refractivity contribution is 0.262. The van der Waals surface area contributed by atoms with Gasteiger partial charge in [0.15, 0.2) is 0 Å². The third-order valence-corrected chi connectivity index (χ3v) is 2.90. The van der Waals surface area contributed by atoms with E-state index in [-0.39, 0.29) is 6.03 Å². The van der Waals surface area contributed by atoms with Gasteiger partial charge < -0.3 is 10.3 Å². The third-order valence-electron chi connectivity index (χ3n) is 2.90. The van der Waals surface area contributed by atoms with Gasteiger partial charge in [-0.3, -0.25) is 5.32 Å². The number of imidazole rings is 1. The van der Waals surface area contributed by atoms with Crippen LogP contribution < -0.4 is 10.6 Å². The number of carbonyl (C=O) groups excluding carboxylic acids is 1. The van der Waals surface area contributed by atoms with Crippen molar-refractivity contribution < 1.29 is 4.79 Å². The number of urea groups is 1. The van der Waals surface area contributed by atoms with E-state index in [1.807, 2.05) is 55.5 Å². The molecule has 0 bridgehead atoms. The van der Waals surface area contributed by atoms with Gasteiger partial charge in [0, 0.05) is 5.69 Å². The zero-order valence-electron chi connectivity index (χ0n) is 11.0. The number of fused-ring (bicyclic) bond motifs is 1. The second kappa shape index (κ2) is 5.05. The van der Waals surface area contributed by atoms with Crippen molar-refractivity contribution in [1.82, 2.24) is 9.97 Å². The van der Waals surface area contributed by atoms with Crippen LogP contribution in [0.4, 0.5) is 16.4 Å². The Hall–Kier alpha value is -2.82. The first-order chi connectivity index (χ1) is 9.70. The number of aryl methyl sites for hydroxylation is 1. The molecular formula is C15H14N4O. The summed E-state index contributed by atoms with van der Waals surface area (Å²) >= 11 is 0. The molecule has 0 aliphatic carbocycles. The monoisotopic (exact) mass is 266 g/mol. The van der Waals surface area contributed by atoms with Crippen molar-refractivity contribution in [3.8, 4) is 0 Å². The van der Waals surface area contributed by atoms with Crippen LogP contribution in [0.15, 0.2) is 48.5 Å². The number of benzene rings is 2. The van der Waals surface area contributed by atoms with E-state index in [2.05, 4.69) is 20.6 Å². The Bertz CT molecular complexity index is 730. The number of rotatable bonds is 2. The lowest BCUT2D eigenvalue weighted by Gasteiger charge is -2.05. The summed E-state index contributed by atoms with van der Waals surface area (Å²) < 4.78 is 0. The minimum Gasteiger partial charge on any atom is -0.324 e. The molecule has 1 heterocycles. The highest BCUT2D eigenvalue weighted by Gasteiger charge is 2.06. The number of hydrogen-bond acceptors (Lipinski definition) is 2. The molecule has 0 aliphatic rings. The third kappa shape index (κ3) is 2.61. The van der Waals surface area contributed by atoms with Crippen LogP contribution in [-0.2, 0) is 0 Å². The molecule has 20 heavy (non-hydrogen) atoms. The maximum atomic E-state index is 11.9. The SMILES string of the molecule is Cc1cccc(NC(=O)Nc2nc3ccccc3[nH]2)c1. The number of amides is 2. The number of H-pyrrole nitrogens is 1. The number of anilines is 2. The van der Waals surface area contributed by atoms with Gasteiger partial charge in [0.05, 0.1) is 11.0 Å². The number of aromatic amines is 1. The van der Waals surface area contributed by atoms with Crippen LogP contribution in [0, 0.1) is 6.92 Å². The predicted molar refractivity (Wildman–Crippen MR) is 79.9 cm³/mol. The molecule has 0 saturated heterocycles. The standard InChI is InChI=1S/C15H14N4O/c1-10-5-4-6-11(9-10)16-15(20)19-14-17-12-7-2-3-8-13(12)18-14/h2-9H,1H3,(H3,16,17,18,19,20). The van der Waals surface area contributed by atoms with Crippen LogP contribution in [0.25, 0.3) is 11.0 Å². The molecule has 0 aliphatic heterocycles. The Morgan fingerprint density at radius 3 is 2.75 bits per heavy atom. The van der Waals surface area contributed by atoms with Crippen molar-refractivity contribution in [1.29, 1.82) is 0 Å². The van der Waals surface area contributed by atoms with Crippen molar-refractivity contribution in [3.05, 3.63) is 54.1 Å². The van der Waals surface area contributed by atoms with Gasteiger partial charge >= 0.3 is 6.03 Å². The van der Waals surface area contributed by atoms with Crippen LogP contribution >= 0.6 is 0 Å². The van der Waals surface area contributed by atoms with E-state index >= 15 is 0 Å². The van der Waals surface area contributed by atoms with Gasteiger partial charge in [-0.25, -0.2) is 9.78 Å². The quantitative estimate of drug-likeness (QED) is 0.664.